The molecular formula is C65H123NO5. The molecule has 0 radical (unpaired) electrons. The average Bonchev–Trinajstić information content (AvgIpc) is 3.37. The number of hydrogen-bond donors (Lipinski definition) is 3. The van der Waals surface area contributed by atoms with E-state index in [0.717, 1.165) is 57.8 Å². The van der Waals surface area contributed by atoms with Crippen LogP contribution in [0.5, 0.6) is 0 Å². The lowest BCUT2D eigenvalue weighted by Gasteiger charge is -2.20. The van der Waals surface area contributed by atoms with Gasteiger partial charge >= 0.3 is 5.97 Å². The highest BCUT2D eigenvalue weighted by molar-refractivity contribution is 5.76. The highest BCUT2D eigenvalue weighted by Gasteiger charge is 2.18. The summed E-state index contributed by atoms with van der Waals surface area (Å²) in [6, 6.07) is -0.639. The lowest BCUT2D eigenvalue weighted by molar-refractivity contribution is -0.143. The zero-order valence-corrected chi connectivity index (χ0v) is 47.7. The smallest absolute Gasteiger partial charge is 0.305 e. The van der Waals surface area contributed by atoms with Gasteiger partial charge in [0.05, 0.1) is 25.4 Å². The zero-order chi connectivity index (χ0) is 51.4. The summed E-state index contributed by atoms with van der Waals surface area (Å²) in [4.78, 5) is 24.5. The number of unbranched alkanes of at least 4 members (excludes halogenated alkanes) is 44. The Hall–Kier alpha value is -1.92. The summed E-state index contributed by atoms with van der Waals surface area (Å²) in [7, 11) is 0. The lowest BCUT2D eigenvalue weighted by Crippen LogP contribution is -2.45. The summed E-state index contributed by atoms with van der Waals surface area (Å²) < 4.78 is 5.46. The first-order valence-electron chi connectivity index (χ1n) is 31.8. The van der Waals surface area contributed by atoms with Crippen LogP contribution in [0, 0.1) is 0 Å². The summed E-state index contributed by atoms with van der Waals surface area (Å²) in [6.45, 7) is 4.88. The van der Waals surface area contributed by atoms with E-state index < -0.39 is 12.1 Å². The Morgan fingerprint density at radius 3 is 1.01 bits per heavy atom. The lowest BCUT2D eigenvalue weighted by atomic mass is 10.0. The minimum Gasteiger partial charge on any atom is -0.466 e. The van der Waals surface area contributed by atoms with E-state index in [0.29, 0.717) is 19.4 Å². The van der Waals surface area contributed by atoms with E-state index in [2.05, 4.69) is 43.5 Å². The quantitative estimate of drug-likeness (QED) is 0.0321. The molecular weight excluding hydrogens is 875 g/mol. The van der Waals surface area contributed by atoms with Crippen LogP contribution in [0.4, 0.5) is 0 Å². The Labute approximate surface area is 443 Å². The van der Waals surface area contributed by atoms with E-state index >= 15 is 0 Å². The first-order valence-corrected chi connectivity index (χ1v) is 31.8. The number of carbonyl (C=O) groups is 2. The largest absolute Gasteiger partial charge is 0.466 e. The van der Waals surface area contributed by atoms with Crippen molar-refractivity contribution in [1.29, 1.82) is 0 Å². The third-order valence-electron chi connectivity index (χ3n) is 14.6. The van der Waals surface area contributed by atoms with Gasteiger partial charge in [-0.25, -0.2) is 0 Å². The van der Waals surface area contributed by atoms with E-state index in [9.17, 15) is 19.8 Å². The van der Waals surface area contributed by atoms with Gasteiger partial charge in [-0.15, -0.1) is 0 Å². The molecule has 0 spiro atoms. The number of aliphatic hydroxyl groups is 2. The molecule has 0 aromatic heterocycles. The molecule has 0 aliphatic heterocycles. The molecule has 2 unspecified atom stereocenters. The minimum absolute atomic E-state index is 0.0117. The molecule has 2 atom stereocenters. The van der Waals surface area contributed by atoms with Crippen molar-refractivity contribution in [2.75, 3.05) is 13.2 Å². The van der Waals surface area contributed by atoms with Gasteiger partial charge in [-0.3, -0.25) is 9.59 Å². The third kappa shape index (κ3) is 57.2. The van der Waals surface area contributed by atoms with E-state index in [1.54, 1.807) is 6.08 Å². The molecule has 0 saturated heterocycles. The van der Waals surface area contributed by atoms with Crippen LogP contribution in [-0.2, 0) is 14.3 Å². The zero-order valence-electron chi connectivity index (χ0n) is 47.7. The topological polar surface area (TPSA) is 95.9 Å². The number of nitrogens with one attached hydrogen (secondary N) is 1. The Kier molecular flexibility index (Phi) is 59.0. The molecule has 418 valence electrons. The molecule has 6 nitrogen and oxygen atoms in total. The van der Waals surface area contributed by atoms with Crippen molar-refractivity contribution in [1.82, 2.24) is 5.32 Å². The molecule has 0 aromatic rings. The van der Waals surface area contributed by atoms with Gasteiger partial charge in [-0.1, -0.05) is 281 Å². The predicted octanol–water partition coefficient (Wildman–Crippen LogP) is 20.0. The molecule has 6 heteroatoms. The summed E-state index contributed by atoms with van der Waals surface area (Å²) in [5.41, 5.74) is 0. The van der Waals surface area contributed by atoms with Crippen LogP contribution >= 0.6 is 0 Å². The van der Waals surface area contributed by atoms with Crippen LogP contribution in [0.1, 0.15) is 341 Å². The van der Waals surface area contributed by atoms with Crippen molar-refractivity contribution < 1.29 is 24.5 Å². The molecule has 0 heterocycles. The van der Waals surface area contributed by atoms with Crippen molar-refractivity contribution in [2.24, 2.45) is 0 Å². The highest BCUT2D eigenvalue weighted by atomic mass is 16.5. The molecule has 0 rings (SSSR count). The standard InChI is InChI=1S/C65H123NO5/c1-3-5-7-9-11-13-15-17-18-19-20-21-22-23-24-25-27-30-34-37-41-45-49-53-57-63(68)62(61-67)66-64(69)58-54-50-46-42-38-35-31-28-26-29-32-36-40-44-48-52-56-60-71-65(70)59-55-51-47-43-39-33-16-14-12-10-8-6-4-2/h14,16,26,29,53,57,62-63,67-68H,3-13,15,17-25,27-28,30-52,54-56,58-61H2,1-2H3,(H,66,69)/b16-14-,29-26-,57-53+. The fraction of sp³-hybridized carbons (Fsp3) is 0.877. The SMILES string of the molecule is CCCCCC/C=C\CCCCCCCC(=O)OCCCCCCCC/C=C\CCCCCCCCCC(=O)NC(CO)C(O)/C=C/CCCCCCCCCCCCCCCCCCCCCCCC. The number of carbonyl (C=O) groups excluding carboxylic acids is 2. The second-order valence-electron chi connectivity index (χ2n) is 21.7. The Morgan fingerprint density at radius 2 is 0.662 bits per heavy atom. The second kappa shape index (κ2) is 60.6. The van der Waals surface area contributed by atoms with E-state index in [1.807, 2.05) is 6.08 Å². The van der Waals surface area contributed by atoms with Gasteiger partial charge in [-0.05, 0) is 83.5 Å². The van der Waals surface area contributed by atoms with Gasteiger partial charge in [-0.2, -0.15) is 0 Å². The van der Waals surface area contributed by atoms with E-state index in [1.165, 1.54) is 257 Å². The van der Waals surface area contributed by atoms with Crippen LogP contribution in [-0.4, -0.2) is 47.4 Å². The first kappa shape index (κ1) is 69.1. The molecule has 0 saturated carbocycles. The highest BCUT2D eigenvalue weighted by Crippen LogP contribution is 2.17. The minimum atomic E-state index is -0.854. The number of aliphatic hydroxyl groups excluding tert-OH is 2. The van der Waals surface area contributed by atoms with Crippen LogP contribution in [0.25, 0.3) is 0 Å². The maximum Gasteiger partial charge on any atom is 0.305 e. The fourth-order valence-corrected chi connectivity index (χ4v) is 9.74. The van der Waals surface area contributed by atoms with Crippen molar-refractivity contribution in [3.63, 3.8) is 0 Å². The van der Waals surface area contributed by atoms with Crippen LogP contribution in [0.15, 0.2) is 36.5 Å². The van der Waals surface area contributed by atoms with Crippen molar-refractivity contribution in [3.8, 4) is 0 Å². The normalized spacial score (nSPS) is 12.8. The number of rotatable bonds is 59. The van der Waals surface area contributed by atoms with Crippen molar-refractivity contribution in [2.45, 2.75) is 353 Å². The number of hydrogen-bond acceptors (Lipinski definition) is 5. The van der Waals surface area contributed by atoms with Gasteiger partial charge in [0.2, 0.25) is 5.91 Å². The number of ether oxygens (including phenoxy) is 1. The summed E-state index contributed by atoms with van der Waals surface area (Å²) in [5.74, 6) is -0.0890. The van der Waals surface area contributed by atoms with Crippen molar-refractivity contribution >= 4 is 11.9 Å². The van der Waals surface area contributed by atoms with Gasteiger partial charge in [0.25, 0.3) is 0 Å². The molecule has 0 fully saturated rings. The van der Waals surface area contributed by atoms with Gasteiger partial charge in [0.1, 0.15) is 0 Å². The summed E-state index contributed by atoms with van der Waals surface area (Å²) >= 11 is 0. The summed E-state index contributed by atoms with van der Waals surface area (Å²) in [5, 5.41) is 23.2. The van der Waals surface area contributed by atoms with E-state index in [4.69, 9.17) is 4.74 Å². The van der Waals surface area contributed by atoms with Crippen LogP contribution in [0.2, 0.25) is 0 Å². The van der Waals surface area contributed by atoms with Crippen LogP contribution < -0.4 is 5.32 Å². The molecule has 0 aromatic carbocycles. The molecule has 0 aliphatic rings. The second-order valence-corrected chi connectivity index (χ2v) is 21.7. The predicted molar refractivity (Wildman–Crippen MR) is 310 cm³/mol. The maximum absolute atomic E-state index is 12.5. The Bertz CT molecular complexity index is 1150. The van der Waals surface area contributed by atoms with Gasteiger partial charge in [0, 0.05) is 12.8 Å². The first-order chi connectivity index (χ1) is 35.0. The Balaban J connectivity index is 3.49. The molecule has 71 heavy (non-hydrogen) atoms. The van der Waals surface area contributed by atoms with Gasteiger partial charge < -0.3 is 20.3 Å². The van der Waals surface area contributed by atoms with Crippen molar-refractivity contribution in [3.05, 3.63) is 36.5 Å². The molecule has 3 N–H and O–H groups in total. The van der Waals surface area contributed by atoms with Crippen LogP contribution in [0.3, 0.4) is 0 Å². The average molecular weight is 999 g/mol. The van der Waals surface area contributed by atoms with E-state index in [-0.39, 0.29) is 18.5 Å². The molecule has 1 amide bonds. The third-order valence-corrected chi connectivity index (χ3v) is 14.6. The Morgan fingerprint density at radius 1 is 0.380 bits per heavy atom. The molecule has 0 bridgehead atoms. The maximum atomic E-state index is 12.5. The summed E-state index contributed by atoms with van der Waals surface area (Å²) in [6.07, 6.45) is 76.1. The number of allylic oxidation sites excluding steroid dienone is 5. The fourth-order valence-electron chi connectivity index (χ4n) is 9.74. The number of esters is 1. The molecule has 0 aliphatic carbocycles. The van der Waals surface area contributed by atoms with Gasteiger partial charge in [0.15, 0.2) is 0 Å². The monoisotopic (exact) mass is 998 g/mol. The number of amides is 1.